The van der Waals surface area contributed by atoms with Gasteiger partial charge in [-0.05, 0) is 77.8 Å². The number of nitrogens with one attached hydrogen (secondary N) is 2. The summed E-state index contributed by atoms with van der Waals surface area (Å²) >= 11 is 6.09. The highest BCUT2D eigenvalue weighted by molar-refractivity contribution is 6.33. The average molecular weight is 480 g/mol. The second-order valence-electron chi connectivity index (χ2n) is 9.07. The molecule has 3 rings (SSSR count). The number of likely N-dealkylation sites (tertiary alicyclic amines) is 2. The van der Waals surface area contributed by atoms with Crippen LogP contribution < -0.4 is 21.1 Å². The zero-order valence-electron chi connectivity index (χ0n) is 19.9. The molecule has 1 aromatic rings. The van der Waals surface area contributed by atoms with E-state index in [1.165, 1.54) is 26.0 Å². The van der Waals surface area contributed by atoms with E-state index in [1.807, 2.05) is 11.9 Å². The highest BCUT2D eigenvalue weighted by Gasteiger charge is 2.31. The minimum Gasteiger partial charge on any atom is -0.496 e. The largest absolute Gasteiger partial charge is 0.496 e. The quantitative estimate of drug-likeness (QED) is 0.371. The van der Waals surface area contributed by atoms with Crippen LogP contribution in [0, 0.1) is 5.92 Å². The summed E-state index contributed by atoms with van der Waals surface area (Å²) in [5.41, 5.74) is 6.55. The van der Waals surface area contributed by atoms with Crippen LogP contribution in [0.1, 0.15) is 48.9 Å². The van der Waals surface area contributed by atoms with Crippen LogP contribution in [-0.4, -0.2) is 81.1 Å². The number of nitrogen functional groups attached to an aromatic ring is 1. The topological polar surface area (TPSA) is 99.9 Å². The fraction of sp³-hybridized carbons (Fsp3) is 0.667. The van der Waals surface area contributed by atoms with Gasteiger partial charge in [-0.15, -0.1) is 0 Å². The summed E-state index contributed by atoms with van der Waals surface area (Å²) in [6.45, 7) is 5.55. The number of hydrogen-bond donors (Lipinski definition) is 3. The van der Waals surface area contributed by atoms with Crippen LogP contribution in [0.4, 0.5) is 5.69 Å². The number of halogens is 1. The number of carbonyl (C=O) groups is 2. The van der Waals surface area contributed by atoms with Crippen molar-refractivity contribution in [2.75, 3.05) is 59.2 Å². The summed E-state index contributed by atoms with van der Waals surface area (Å²) < 4.78 is 5.29. The third-order valence-electron chi connectivity index (χ3n) is 6.79. The van der Waals surface area contributed by atoms with Gasteiger partial charge in [-0.2, -0.15) is 0 Å². The van der Waals surface area contributed by atoms with Crippen molar-refractivity contribution < 1.29 is 14.3 Å². The van der Waals surface area contributed by atoms with Crippen LogP contribution in [0.15, 0.2) is 12.1 Å². The first-order valence-electron chi connectivity index (χ1n) is 12.0. The first-order valence-corrected chi connectivity index (χ1v) is 12.4. The van der Waals surface area contributed by atoms with Gasteiger partial charge in [0.2, 0.25) is 5.91 Å². The van der Waals surface area contributed by atoms with Gasteiger partial charge in [0.05, 0.1) is 23.4 Å². The number of carbonyl (C=O) groups excluding carboxylic acids is 2. The maximum atomic E-state index is 13.0. The Hall–Kier alpha value is -2.03. The van der Waals surface area contributed by atoms with Crippen molar-refractivity contribution in [2.45, 2.75) is 44.6 Å². The van der Waals surface area contributed by atoms with E-state index in [9.17, 15) is 9.59 Å². The zero-order valence-corrected chi connectivity index (χ0v) is 20.6. The van der Waals surface area contributed by atoms with Crippen molar-refractivity contribution in [3.05, 3.63) is 22.7 Å². The standard InChI is InChI=1S/C24H38ClN5O3/c1-27-9-3-4-10-29-11-5-17(6-12-29)24(32)30-13-7-18(8-14-30)28-23(31)19-15-20(25)21(26)16-22(19)33-2/h15-18,27H,3-14,26H2,1-2H3,(H,28,31). The van der Waals surface area contributed by atoms with Gasteiger partial charge >= 0.3 is 0 Å². The van der Waals surface area contributed by atoms with Gasteiger partial charge in [0.15, 0.2) is 0 Å². The molecule has 0 spiro atoms. The minimum atomic E-state index is -0.236. The molecule has 4 N–H and O–H groups in total. The van der Waals surface area contributed by atoms with Crippen LogP contribution in [0.2, 0.25) is 5.02 Å². The van der Waals surface area contributed by atoms with Gasteiger partial charge in [-0.1, -0.05) is 11.6 Å². The zero-order chi connectivity index (χ0) is 23.8. The molecule has 2 fully saturated rings. The van der Waals surface area contributed by atoms with Crippen LogP contribution in [0.3, 0.4) is 0 Å². The minimum absolute atomic E-state index is 0.0158. The molecule has 0 aromatic heterocycles. The lowest BCUT2D eigenvalue weighted by Crippen LogP contribution is -2.49. The average Bonchev–Trinajstić information content (AvgIpc) is 2.83. The van der Waals surface area contributed by atoms with Gasteiger partial charge in [0.1, 0.15) is 5.75 Å². The number of rotatable bonds is 9. The number of benzene rings is 1. The lowest BCUT2D eigenvalue weighted by Gasteiger charge is -2.37. The molecule has 8 nitrogen and oxygen atoms in total. The predicted octanol–water partition coefficient (Wildman–Crippen LogP) is 2.36. The molecule has 33 heavy (non-hydrogen) atoms. The Labute approximate surface area is 202 Å². The van der Waals surface area contributed by atoms with Crippen molar-refractivity contribution in [1.29, 1.82) is 0 Å². The third kappa shape index (κ3) is 6.98. The lowest BCUT2D eigenvalue weighted by atomic mass is 9.93. The van der Waals surface area contributed by atoms with Gasteiger partial charge in [0.25, 0.3) is 5.91 Å². The molecule has 0 atom stereocenters. The molecular weight excluding hydrogens is 442 g/mol. The summed E-state index contributed by atoms with van der Waals surface area (Å²) in [5.74, 6) is 0.573. The van der Waals surface area contributed by atoms with Crippen molar-refractivity contribution >= 4 is 29.1 Å². The summed E-state index contributed by atoms with van der Waals surface area (Å²) in [4.78, 5) is 30.3. The molecule has 2 heterocycles. The van der Waals surface area contributed by atoms with Crippen LogP contribution in [-0.2, 0) is 4.79 Å². The highest BCUT2D eigenvalue weighted by atomic mass is 35.5. The summed E-state index contributed by atoms with van der Waals surface area (Å²) in [5, 5.41) is 6.57. The number of nitrogens with zero attached hydrogens (tertiary/aromatic N) is 2. The maximum Gasteiger partial charge on any atom is 0.255 e. The Bertz CT molecular complexity index is 806. The Balaban J connectivity index is 1.42. The van der Waals surface area contributed by atoms with Crippen molar-refractivity contribution in [3.63, 3.8) is 0 Å². The monoisotopic (exact) mass is 479 g/mol. The fourth-order valence-electron chi connectivity index (χ4n) is 4.72. The molecular formula is C24H38ClN5O3. The first-order chi connectivity index (χ1) is 15.9. The molecule has 0 bridgehead atoms. The molecule has 2 aliphatic rings. The van der Waals surface area contributed by atoms with Crippen molar-refractivity contribution in [1.82, 2.24) is 20.4 Å². The van der Waals surface area contributed by atoms with E-state index in [0.29, 0.717) is 35.1 Å². The molecule has 184 valence electrons. The van der Waals surface area contributed by atoms with Crippen LogP contribution >= 0.6 is 11.6 Å². The highest BCUT2D eigenvalue weighted by Crippen LogP contribution is 2.29. The number of amides is 2. The first kappa shape index (κ1) is 25.6. The molecule has 1 aromatic carbocycles. The number of ether oxygens (including phenoxy) is 1. The number of unbranched alkanes of at least 4 members (excludes halogenated alkanes) is 1. The van der Waals surface area contributed by atoms with Crippen molar-refractivity contribution in [3.8, 4) is 5.75 Å². The number of anilines is 1. The smallest absolute Gasteiger partial charge is 0.255 e. The van der Waals surface area contributed by atoms with E-state index in [4.69, 9.17) is 22.1 Å². The number of methoxy groups -OCH3 is 1. The van der Waals surface area contributed by atoms with Gasteiger partial charge in [-0.3, -0.25) is 9.59 Å². The predicted molar refractivity (Wildman–Crippen MR) is 132 cm³/mol. The Morgan fingerprint density at radius 1 is 1.12 bits per heavy atom. The van der Waals surface area contributed by atoms with Gasteiger partial charge < -0.3 is 30.9 Å². The number of nitrogens with two attached hydrogens (primary N) is 1. The Morgan fingerprint density at radius 2 is 1.82 bits per heavy atom. The van der Waals surface area contributed by atoms with Gasteiger partial charge in [-0.25, -0.2) is 0 Å². The molecule has 0 aliphatic carbocycles. The maximum absolute atomic E-state index is 13.0. The van der Waals surface area contributed by atoms with Gasteiger partial charge in [0, 0.05) is 31.1 Å². The van der Waals surface area contributed by atoms with Crippen LogP contribution in [0.25, 0.3) is 0 Å². The molecule has 0 unspecified atom stereocenters. The molecule has 0 radical (unpaired) electrons. The van der Waals surface area contributed by atoms with E-state index in [2.05, 4.69) is 15.5 Å². The fourth-order valence-corrected chi connectivity index (χ4v) is 4.89. The summed E-state index contributed by atoms with van der Waals surface area (Å²) in [6.07, 6.45) is 5.77. The van der Waals surface area contributed by atoms with E-state index in [-0.39, 0.29) is 23.8 Å². The summed E-state index contributed by atoms with van der Waals surface area (Å²) in [7, 11) is 3.48. The molecule has 2 amide bonds. The SMILES string of the molecule is CNCCCCN1CCC(C(=O)N2CCC(NC(=O)c3cc(Cl)c(N)cc3OC)CC2)CC1. The Morgan fingerprint density at radius 3 is 2.45 bits per heavy atom. The molecule has 2 saturated heterocycles. The number of hydrogen-bond acceptors (Lipinski definition) is 6. The normalized spacial score (nSPS) is 18.3. The molecule has 9 heteroatoms. The second-order valence-corrected chi connectivity index (χ2v) is 9.48. The second kappa shape index (κ2) is 12.4. The van der Waals surface area contributed by atoms with Crippen LogP contribution in [0.5, 0.6) is 5.75 Å². The summed E-state index contributed by atoms with van der Waals surface area (Å²) in [6, 6.07) is 3.12. The van der Waals surface area contributed by atoms with E-state index < -0.39 is 0 Å². The van der Waals surface area contributed by atoms with E-state index in [0.717, 1.165) is 51.9 Å². The molecule has 2 aliphatic heterocycles. The molecule has 0 saturated carbocycles. The number of piperidine rings is 2. The Kier molecular flexibility index (Phi) is 9.64. The lowest BCUT2D eigenvalue weighted by molar-refractivity contribution is -0.138. The van der Waals surface area contributed by atoms with E-state index in [1.54, 1.807) is 6.07 Å². The van der Waals surface area contributed by atoms with Crippen molar-refractivity contribution in [2.24, 2.45) is 5.92 Å². The third-order valence-corrected chi connectivity index (χ3v) is 7.12. The van der Waals surface area contributed by atoms with E-state index >= 15 is 0 Å².